The van der Waals surface area contributed by atoms with Crippen LogP contribution in [0.4, 0.5) is 0 Å². The first-order chi connectivity index (χ1) is 14.5. The maximum atomic E-state index is 12.3. The van der Waals surface area contributed by atoms with Gasteiger partial charge in [0.25, 0.3) is 0 Å². The summed E-state index contributed by atoms with van der Waals surface area (Å²) in [7, 11) is 4.41. The topological polar surface area (TPSA) is 104 Å². The normalized spacial score (nSPS) is 10.2. The van der Waals surface area contributed by atoms with Crippen molar-refractivity contribution in [3.63, 3.8) is 0 Å². The van der Waals surface area contributed by atoms with Gasteiger partial charge in [0.1, 0.15) is 17.6 Å². The summed E-state index contributed by atoms with van der Waals surface area (Å²) in [4.78, 5) is 24.3. The van der Waals surface area contributed by atoms with Crippen LogP contribution in [0.25, 0.3) is 6.08 Å². The molecule has 0 aliphatic heterocycles. The van der Waals surface area contributed by atoms with Gasteiger partial charge in [-0.2, -0.15) is 5.26 Å². The van der Waals surface area contributed by atoms with E-state index in [9.17, 15) is 9.59 Å². The molecule has 2 aromatic carbocycles. The summed E-state index contributed by atoms with van der Waals surface area (Å²) in [6.07, 6.45) is 2.71. The Hall–Kier alpha value is -3.99. The molecule has 0 aliphatic rings. The van der Waals surface area contributed by atoms with E-state index in [0.29, 0.717) is 28.6 Å². The fraction of sp³-hybridized carbons (Fsp3) is 0.227. The van der Waals surface area contributed by atoms with Gasteiger partial charge in [0, 0.05) is 12.1 Å². The Bertz CT molecular complexity index is 976. The van der Waals surface area contributed by atoms with Gasteiger partial charge in [0.05, 0.1) is 26.9 Å². The van der Waals surface area contributed by atoms with E-state index < -0.39 is 18.4 Å². The van der Waals surface area contributed by atoms with Gasteiger partial charge in [-0.1, -0.05) is 6.07 Å². The van der Waals surface area contributed by atoms with Crippen LogP contribution < -0.4 is 18.9 Å². The zero-order chi connectivity index (χ0) is 21.9. The Balaban J connectivity index is 1.98. The van der Waals surface area contributed by atoms with Crippen LogP contribution in [0.2, 0.25) is 0 Å². The van der Waals surface area contributed by atoms with Gasteiger partial charge in [-0.25, -0.2) is 4.79 Å². The summed E-state index contributed by atoms with van der Waals surface area (Å²) >= 11 is 0. The molecule has 0 unspecified atom stereocenters. The zero-order valence-corrected chi connectivity index (χ0v) is 16.8. The van der Waals surface area contributed by atoms with Gasteiger partial charge in [-0.15, -0.1) is 0 Å². The molecule has 0 amide bonds. The first-order valence-electron chi connectivity index (χ1n) is 8.80. The number of ether oxygens (including phenoxy) is 5. The molecular formula is C22H21NO7. The lowest BCUT2D eigenvalue weighted by Gasteiger charge is -2.09. The van der Waals surface area contributed by atoms with E-state index in [4.69, 9.17) is 28.9 Å². The van der Waals surface area contributed by atoms with Crippen molar-refractivity contribution in [1.29, 1.82) is 5.26 Å². The minimum Gasteiger partial charge on any atom is -0.497 e. The van der Waals surface area contributed by atoms with E-state index in [1.807, 2.05) is 6.07 Å². The van der Waals surface area contributed by atoms with Gasteiger partial charge in [0.15, 0.2) is 24.7 Å². The highest BCUT2D eigenvalue weighted by atomic mass is 16.5. The summed E-state index contributed by atoms with van der Waals surface area (Å²) in [5.74, 6) is 0.622. The maximum Gasteiger partial charge on any atom is 0.331 e. The smallest absolute Gasteiger partial charge is 0.331 e. The van der Waals surface area contributed by atoms with Crippen molar-refractivity contribution in [3.05, 3.63) is 53.6 Å². The van der Waals surface area contributed by atoms with Gasteiger partial charge >= 0.3 is 5.97 Å². The predicted octanol–water partition coefficient (Wildman–Crippen LogP) is 3.05. The summed E-state index contributed by atoms with van der Waals surface area (Å²) in [6.45, 7) is -0.541. The zero-order valence-electron chi connectivity index (χ0n) is 16.8. The van der Waals surface area contributed by atoms with Gasteiger partial charge in [0.2, 0.25) is 5.78 Å². The molecule has 30 heavy (non-hydrogen) atoms. The lowest BCUT2D eigenvalue weighted by Crippen LogP contribution is -2.13. The van der Waals surface area contributed by atoms with Crippen LogP contribution in [0.5, 0.6) is 23.0 Å². The second-order valence-electron chi connectivity index (χ2n) is 5.79. The van der Waals surface area contributed by atoms with Crippen LogP contribution in [-0.4, -0.2) is 46.3 Å². The minimum atomic E-state index is -0.681. The van der Waals surface area contributed by atoms with E-state index in [2.05, 4.69) is 0 Å². The molecule has 8 heteroatoms. The summed E-state index contributed by atoms with van der Waals surface area (Å²) < 4.78 is 25.7. The Morgan fingerprint density at radius 3 is 2.40 bits per heavy atom. The van der Waals surface area contributed by atoms with Crippen molar-refractivity contribution in [2.45, 2.75) is 0 Å². The van der Waals surface area contributed by atoms with Crippen LogP contribution in [-0.2, 0) is 9.53 Å². The van der Waals surface area contributed by atoms with Crippen LogP contribution in [0.1, 0.15) is 15.9 Å². The van der Waals surface area contributed by atoms with Crippen molar-refractivity contribution < 1.29 is 33.3 Å². The van der Waals surface area contributed by atoms with E-state index in [-0.39, 0.29) is 12.2 Å². The van der Waals surface area contributed by atoms with Crippen molar-refractivity contribution in [3.8, 4) is 29.1 Å². The SMILES string of the molecule is COc1ccc(C(=O)COC(=O)C=Cc2ccc(OCC#N)c(OC)c2)c(OC)c1. The molecule has 156 valence electrons. The number of hydrogen-bond donors (Lipinski definition) is 0. The number of methoxy groups -OCH3 is 3. The highest BCUT2D eigenvalue weighted by Crippen LogP contribution is 2.28. The molecule has 0 aromatic heterocycles. The van der Waals surface area contributed by atoms with E-state index in [0.717, 1.165) is 0 Å². The Kier molecular flexibility index (Phi) is 8.27. The fourth-order valence-electron chi connectivity index (χ4n) is 2.47. The Morgan fingerprint density at radius 2 is 1.73 bits per heavy atom. The van der Waals surface area contributed by atoms with Crippen molar-refractivity contribution in [1.82, 2.24) is 0 Å². The second-order valence-corrected chi connectivity index (χ2v) is 5.79. The number of esters is 1. The summed E-state index contributed by atoms with van der Waals surface area (Å²) in [6, 6.07) is 11.6. The molecule has 2 rings (SSSR count). The summed E-state index contributed by atoms with van der Waals surface area (Å²) in [5, 5.41) is 8.59. The third-order valence-corrected chi connectivity index (χ3v) is 3.95. The van der Waals surface area contributed by atoms with Gasteiger partial charge < -0.3 is 23.7 Å². The molecule has 0 saturated carbocycles. The molecule has 2 aromatic rings. The van der Waals surface area contributed by atoms with E-state index in [1.165, 1.54) is 33.5 Å². The average Bonchev–Trinajstić information content (AvgIpc) is 2.79. The maximum absolute atomic E-state index is 12.3. The molecule has 0 heterocycles. The number of Topliss-reactive ketones (excluding diaryl/α,β-unsaturated/α-hetero) is 1. The largest absolute Gasteiger partial charge is 0.497 e. The molecule has 8 nitrogen and oxygen atoms in total. The number of benzene rings is 2. The third-order valence-electron chi connectivity index (χ3n) is 3.95. The lowest BCUT2D eigenvalue weighted by molar-refractivity contribution is -0.136. The molecule has 0 atom stereocenters. The molecule has 0 spiro atoms. The number of nitriles is 1. The number of ketones is 1. The third kappa shape index (κ3) is 6.01. The molecule has 0 radical (unpaired) electrons. The minimum absolute atomic E-state index is 0.106. The molecule has 0 saturated heterocycles. The van der Waals surface area contributed by atoms with Gasteiger partial charge in [-0.05, 0) is 35.9 Å². The molecule has 0 fully saturated rings. The number of nitrogens with zero attached hydrogens (tertiary/aromatic N) is 1. The first-order valence-corrected chi connectivity index (χ1v) is 8.80. The second kappa shape index (κ2) is 11.1. The number of rotatable bonds is 10. The Labute approximate surface area is 174 Å². The number of carbonyl (C=O) groups is 2. The van der Waals surface area contributed by atoms with Gasteiger partial charge in [-0.3, -0.25) is 4.79 Å². The van der Waals surface area contributed by atoms with E-state index in [1.54, 1.807) is 36.4 Å². The fourth-order valence-corrected chi connectivity index (χ4v) is 2.47. The number of hydrogen-bond acceptors (Lipinski definition) is 8. The number of carbonyl (C=O) groups excluding carboxylic acids is 2. The van der Waals surface area contributed by atoms with Crippen molar-refractivity contribution in [2.24, 2.45) is 0 Å². The molecule has 0 N–H and O–H groups in total. The average molecular weight is 411 g/mol. The van der Waals surface area contributed by atoms with Crippen molar-refractivity contribution in [2.75, 3.05) is 34.5 Å². The first kappa shape index (κ1) is 22.3. The molecule has 0 aliphatic carbocycles. The van der Waals surface area contributed by atoms with Crippen LogP contribution in [0.3, 0.4) is 0 Å². The quantitative estimate of drug-likeness (QED) is 0.334. The highest BCUT2D eigenvalue weighted by molar-refractivity contribution is 6.01. The highest BCUT2D eigenvalue weighted by Gasteiger charge is 2.15. The lowest BCUT2D eigenvalue weighted by atomic mass is 10.1. The molecular weight excluding hydrogens is 390 g/mol. The van der Waals surface area contributed by atoms with Crippen LogP contribution >= 0.6 is 0 Å². The monoisotopic (exact) mass is 411 g/mol. The standard InChI is InChI=1S/C22H21NO7/c1-26-16-6-7-17(20(13-16)27-2)18(24)14-30-22(25)9-5-15-4-8-19(29-11-10-23)21(12-15)28-3/h4-9,12-13H,11,14H2,1-3H3. The van der Waals surface area contributed by atoms with Crippen LogP contribution in [0.15, 0.2) is 42.5 Å². The predicted molar refractivity (Wildman–Crippen MR) is 108 cm³/mol. The Morgan fingerprint density at radius 1 is 0.967 bits per heavy atom. The van der Waals surface area contributed by atoms with Crippen molar-refractivity contribution >= 4 is 17.8 Å². The van der Waals surface area contributed by atoms with E-state index >= 15 is 0 Å². The summed E-state index contributed by atoms with van der Waals surface area (Å²) in [5.41, 5.74) is 0.934. The molecule has 0 bridgehead atoms. The van der Waals surface area contributed by atoms with Crippen LogP contribution in [0, 0.1) is 11.3 Å².